The fourth-order valence-electron chi connectivity index (χ4n) is 2.37. The van der Waals surface area contributed by atoms with Gasteiger partial charge in [0.1, 0.15) is 5.03 Å². The van der Waals surface area contributed by atoms with E-state index in [1.54, 1.807) is 18.0 Å². The van der Waals surface area contributed by atoms with E-state index in [1.165, 1.54) is 16.7 Å². The van der Waals surface area contributed by atoms with Crippen LogP contribution in [0.5, 0.6) is 0 Å². The molecule has 2 heterocycles. The third-order valence-electron chi connectivity index (χ3n) is 3.15. The highest BCUT2D eigenvalue weighted by Crippen LogP contribution is 2.26. The highest BCUT2D eigenvalue weighted by atomic mass is 32.2. The summed E-state index contributed by atoms with van der Waals surface area (Å²) < 4.78 is 1.92. The zero-order valence-corrected chi connectivity index (χ0v) is 12.8. The largest absolute Gasteiger partial charge is 0.307 e. The van der Waals surface area contributed by atoms with Crippen LogP contribution in [0.4, 0.5) is 5.82 Å². The Labute approximate surface area is 127 Å². The second-order valence-electron chi connectivity index (χ2n) is 5.02. The predicted octanol–water partition coefficient (Wildman–Crippen LogP) is 2.92. The number of hydrazine groups is 1. The van der Waals surface area contributed by atoms with Gasteiger partial charge < -0.3 is 9.83 Å². The van der Waals surface area contributed by atoms with Gasteiger partial charge in [0.2, 0.25) is 0 Å². The topological polar surface area (TPSA) is 68.2 Å². The van der Waals surface area contributed by atoms with E-state index < -0.39 is 0 Å². The van der Waals surface area contributed by atoms with Crippen molar-refractivity contribution >= 4 is 23.2 Å². The summed E-state index contributed by atoms with van der Waals surface area (Å²) >= 11 is 1.66. The van der Waals surface area contributed by atoms with E-state index in [4.69, 9.17) is 5.84 Å². The average Bonchev–Trinajstić information content (AvgIpc) is 2.91. The van der Waals surface area contributed by atoms with Crippen molar-refractivity contribution in [3.63, 3.8) is 0 Å². The Morgan fingerprint density at radius 2 is 2.00 bits per heavy atom. The normalized spacial score (nSPS) is 11.0. The number of rotatable bonds is 4. The third kappa shape index (κ3) is 3.01. The molecule has 21 heavy (non-hydrogen) atoms. The van der Waals surface area contributed by atoms with Crippen LogP contribution in [0, 0.1) is 13.8 Å². The number of hydrogen-bond acceptors (Lipinski definition) is 5. The Balaban J connectivity index is 1.89. The number of thioether (sulfide) groups is 1. The zero-order chi connectivity index (χ0) is 14.8. The van der Waals surface area contributed by atoms with Gasteiger partial charge in [-0.15, -0.1) is 0 Å². The minimum Gasteiger partial charge on any atom is -0.307 e. The molecule has 0 unspecified atom stereocenters. The van der Waals surface area contributed by atoms with Gasteiger partial charge in [0.05, 0.1) is 6.20 Å². The van der Waals surface area contributed by atoms with Crippen molar-refractivity contribution in [1.29, 1.82) is 0 Å². The standard InChI is InChI=1S/C15H17N5S/c1-10-5-11(2)7-12(6-10)9-21-15-14-17-3-4-20(14)8-13(18-15)19-16/h3-8,19H,9,16H2,1-2H3. The van der Waals surface area contributed by atoms with Crippen LogP contribution in [-0.2, 0) is 5.75 Å². The molecule has 0 saturated heterocycles. The molecule has 3 rings (SSSR count). The first-order valence-corrected chi connectivity index (χ1v) is 7.64. The average molecular weight is 299 g/mol. The number of benzene rings is 1. The Morgan fingerprint density at radius 1 is 1.24 bits per heavy atom. The molecule has 0 amide bonds. The molecule has 0 aliphatic heterocycles. The van der Waals surface area contributed by atoms with Gasteiger partial charge in [-0.25, -0.2) is 15.8 Å². The maximum absolute atomic E-state index is 5.47. The van der Waals surface area contributed by atoms with Crippen molar-refractivity contribution < 1.29 is 0 Å². The fourth-order valence-corrected chi connectivity index (χ4v) is 3.29. The monoisotopic (exact) mass is 299 g/mol. The van der Waals surface area contributed by atoms with E-state index in [0.717, 1.165) is 16.4 Å². The number of hydrogen-bond donors (Lipinski definition) is 2. The van der Waals surface area contributed by atoms with Crippen LogP contribution < -0.4 is 11.3 Å². The number of nitrogens with zero attached hydrogens (tertiary/aromatic N) is 3. The molecular formula is C15H17N5S. The number of fused-ring (bicyclic) bond motifs is 1. The van der Waals surface area contributed by atoms with Gasteiger partial charge in [-0.2, -0.15) is 0 Å². The van der Waals surface area contributed by atoms with Crippen LogP contribution in [0.1, 0.15) is 16.7 Å². The minimum atomic E-state index is 0.628. The number of nitrogens with one attached hydrogen (secondary N) is 1. The van der Waals surface area contributed by atoms with Crippen LogP contribution in [0.2, 0.25) is 0 Å². The van der Waals surface area contributed by atoms with Crippen LogP contribution in [0.25, 0.3) is 5.65 Å². The van der Waals surface area contributed by atoms with E-state index in [-0.39, 0.29) is 0 Å². The lowest BCUT2D eigenvalue weighted by Crippen LogP contribution is -2.10. The fraction of sp³-hybridized carbons (Fsp3) is 0.200. The first-order valence-electron chi connectivity index (χ1n) is 6.66. The summed E-state index contributed by atoms with van der Waals surface area (Å²) in [5.74, 6) is 6.95. The summed E-state index contributed by atoms with van der Waals surface area (Å²) in [7, 11) is 0. The molecule has 0 aliphatic rings. The van der Waals surface area contributed by atoms with Gasteiger partial charge in [0.15, 0.2) is 11.5 Å². The lowest BCUT2D eigenvalue weighted by atomic mass is 10.1. The van der Waals surface area contributed by atoms with Crippen molar-refractivity contribution in [2.45, 2.75) is 24.6 Å². The highest BCUT2D eigenvalue weighted by Gasteiger charge is 2.08. The number of imidazole rings is 1. The number of anilines is 1. The van der Waals surface area contributed by atoms with Crippen molar-refractivity contribution in [3.05, 3.63) is 53.5 Å². The highest BCUT2D eigenvalue weighted by molar-refractivity contribution is 7.98. The maximum Gasteiger partial charge on any atom is 0.169 e. The van der Waals surface area contributed by atoms with E-state index >= 15 is 0 Å². The van der Waals surface area contributed by atoms with Gasteiger partial charge in [-0.3, -0.25) is 0 Å². The lowest BCUT2D eigenvalue weighted by Gasteiger charge is -2.08. The van der Waals surface area contributed by atoms with Crippen LogP contribution in [-0.4, -0.2) is 14.4 Å². The van der Waals surface area contributed by atoms with Crippen molar-refractivity contribution in [1.82, 2.24) is 14.4 Å². The second-order valence-corrected chi connectivity index (χ2v) is 5.98. The minimum absolute atomic E-state index is 0.628. The van der Waals surface area contributed by atoms with Crippen LogP contribution >= 0.6 is 11.8 Å². The summed E-state index contributed by atoms with van der Waals surface area (Å²) in [5.41, 5.74) is 7.29. The molecule has 0 radical (unpaired) electrons. The van der Waals surface area contributed by atoms with Crippen molar-refractivity contribution in [2.24, 2.45) is 5.84 Å². The maximum atomic E-state index is 5.47. The Bertz CT molecular complexity index is 761. The SMILES string of the molecule is Cc1cc(C)cc(CSc2nc(NN)cn3ccnc23)c1. The number of aryl methyl sites for hydroxylation is 2. The molecule has 3 N–H and O–H groups in total. The van der Waals surface area contributed by atoms with Crippen LogP contribution in [0.3, 0.4) is 0 Å². The van der Waals surface area contributed by atoms with Crippen molar-refractivity contribution in [2.75, 3.05) is 5.43 Å². The molecule has 0 fully saturated rings. The van der Waals surface area contributed by atoms with E-state index in [9.17, 15) is 0 Å². The molecule has 5 nitrogen and oxygen atoms in total. The van der Waals surface area contributed by atoms with Gasteiger partial charge in [-0.1, -0.05) is 41.1 Å². The van der Waals surface area contributed by atoms with E-state index in [2.05, 4.69) is 47.4 Å². The first kappa shape index (κ1) is 13.9. The smallest absolute Gasteiger partial charge is 0.169 e. The van der Waals surface area contributed by atoms with Crippen molar-refractivity contribution in [3.8, 4) is 0 Å². The number of nitrogen functional groups attached to an aromatic ring is 1. The van der Waals surface area contributed by atoms with Crippen LogP contribution in [0.15, 0.2) is 41.8 Å². The molecule has 3 aromatic rings. The predicted molar refractivity (Wildman–Crippen MR) is 86.3 cm³/mol. The quantitative estimate of drug-likeness (QED) is 0.440. The summed E-state index contributed by atoms with van der Waals surface area (Å²) in [4.78, 5) is 8.85. The molecule has 0 saturated carbocycles. The van der Waals surface area contributed by atoms with Gasteiger partial charge >= 0.3 is 0 Å². The summed E-state index contributed by atoms with van der Waals surface area (Å²) in [5, 5.41) is 0.870. The molecule has 0 aliphatic carbocycles. The number of aromatic nitrogens is 3. The number of nitrogens with two attached hydrogens (primary N) is 1. The molecular weight excluding hydrogens is 282 g/mol. The first-order chi connectivity index (χ1) is 10.2. The molecule has 1 aromatic carbocycles. The van der Waals surface area contributed by atoms with Gasteiger partial charge in [-0.05, 0) is 19.4 Å². The third-order valence-corrected chi connectivity index (χ3v) is 4.17. The molecule has 0 atom stereocenters. The second kappa shape index (κ2) is 5.75. The summed E-state index contributed by atoms with van der Waals surface area (Å²) in [6.45, 7) is 4.23. The molecule has 2 aromatic heterocycles. The summed E-state index contributed by atoms with van der Waals surface area (Å²) in [6, 6.07) is 6.58. The summed E-state index contributed by atoms with van der Waals surface area (Å²) in [6.07, 6.45) is 5.47. The van der Waals surface area contributed by atoms with Gasteiger partial charge in [0, 0.05) is 18.1 Å². The zero-order valence-electron chi connectivity index (χ0n) is 12.0. The molecule has 108 valence electrons. The molecule has 0 spiro atoms. The Morgan fingerprint density at radius 3 is 2.71 bits per heavy atom. The Hall–Kier alpha value is -2.05. The van der Waals surface area contributed by atoms with Gasteiger partial charge in [0.25, 0.3) is 0 Å². The lowest BCUT2D eigenvalue weighted by molar-refractivity contribution is 1.02. The molecule has 6 heteroatoms. The molecule has 0 bridgehead atoms. The van der Waals surface area contributed by atoms with E-state index in [0.29, 0.717) is 5.82 Å². The van der Waals surface area contributed by atoms with E-state index in [1.807, 2.05) is 16.8 Å². The Kier molecular flexibility index (Phi) is 3.81.